The predicted molar refractivity (Wildman–Crippen MR) is 109 cm³/mol. The van der Waals surface area contributed by atoms with E-state index < -0.39 is 0 Å². The van der Waals surface area contributed by atoms with Crippen LogP contribution in [0.15, 0.2) is 24.3 Å². The number of imidazole rings is 1. The average molecular weight is 399 g/mol. The van der Waals surface area contributed by atoms with E-state index in [2.05, 4.69) is 26.3 Å². The van der Waals surface area contributed by atoms with Gasteiger partial charge in [0.2, 0.25) is 5.91 Å². The highest BCUT2D eigenvalue weighted by atomic mass is 35.5. The molecule has 26 heavy (non-hydrogen) atoms. The molecule has 1 amide bonds. The number of aryl methyl sites for hydroxylation is 1. The molecule has 2 heterocycles. The Morgan fingerprint density at radius 1 is 1.27 bits per heavy atom. The number of para-hydroxylation sites is 2. The lowest BCUT2D eigenvalue weighted by Crippen LogP contribution is -2.44. The maximum absolute atomic E-state index is 12.5. The summed E-state index contributed by atoms with van der Waals surface area (Å²) in [6, 6.07) is 8.71. The minimum atomic E-state index is -0.00118. The first-order valence-electron chi connectivity index (χ1n) is 9.18. The third-order valence-corrected chi connectivity index (χ3v) is 5.66. The fourth-order valence-electron chi connectivity index (χ4n) is 4.41. The van der Waals surface area contributed by atoms with E-state index >= 15 is 0 Å². The molecule has 1 saturated carbocycles. The molecule has 1 saturated heterocycles. The number of aromatic nitrogens is 2. The third-order valence-electron chi connectivity index (χ3n) is 5.66. The van der Waals surface area contributed by atoms with Crippen LogP contribution in [0.1, 0.15) is 37.9 Å². The van der Waals surface area contributed by atoms with Crippen molar-refractivity contribution >= 4 is 41.8 Å². The largest absolute Gasteiger partial charge is 0.353 e. The normalized spacial score (nSPS) is 24.4. The Morgan fingerprint density at radius 2 is 2.04 bits per heavy atom. The molecule has 7 heteroatoms. The molecule has 0 spiro atoms. The summed E-state index contributed by atoms with van der Waals surface area (Å²) >= 11 is 0. The van der Waals surface area contributed by atoms with Crippen LogP contribution in [-0.2, 0) is 11.3 Å². The summed E-state index contributed by atoms with van der Waals surface area (Å²) in [5.41, 5.74) is 2.15. The van der Waals surface area contributed by atoms with Crippen LogP contribution in [0.25, 0.3) is 11.0 Å². The van der Waals surface area contributed by atoms with E-state index in [9.17, 15) is 4.79 Å². The van der Waals surface area contributed by atoms with E-state index in [1.165, 1.54) is 25.7 Å². The molecule has 144 valence electrons. The van der Waals surface area contributed by atoms with Gasteiger partial charge in [-0.1, -0.05) is 25.0 Å². The lowest BCUT2D eigenvalue weighted by molar-refractivity contribution is -0.122. The van der Waals surface area contributed by atoms with Gasteiger partial charge >= 0.3 is 0 Å². The minimum absolute atomic E-state index is 0. The van der Waals surface area contributed by atoms with Crippen LogP contribution < -0.4 is 10.6 Å². The van der Waals surface area contributed by atoms with Crippen molar-refractivity contribution in [3.8, 4) is 0 Å². The van der Waals surface area contributed by atoms with Crippen molar-refractivity contribution in [1.82, 2.24) is 20.2 Å². The first kappa shape index (κ1) is 21.0. The summed E-state index contributed by atoms with van der Waals surface area (Å²) in [7, 11) is 0. The molecule has 4 rings (SSSR count). The standard InChI is InChI=1S/C19H26N4O.2ClH/c1-13-21-16-8-4-5-9-18(16)23(13)11-10-20-19(24)17-12-14-6-2-3-7-15(14)22-17;;/h4-5,8-9,14-15,17,22H,2-3,6-7,10-12H2,1H3,(H,20,24);2*1H. The molecule has 5 nitrogen and oxygen atoms in total. The third kappa shape index (κ3) is 4.16. The summed E-state index contributed by atoms with van der Waals surface area (Å²) in [6.45, 7) is 3.43. The van der Waals surface area contributed by atoms with Crippen molar-refractivity contribution in [3.05, 3.63) is 30.1 Å². The molecule has 1 aromatic heterocycles. The molecular formula is C19H28Cl2N4O. The van der Waals surface area contributed by atoms with Gasteiger partial charge < -0.3 is 15.2 Å². The van der Waals surface area contributed by atoms with Crippen LogP contribution in [0.4, 0.5) is 0 Å². The lowest BCUT2D eigenvalue weighted by atomic mass is 9.85. The second kappa shape index (κ2) is 9.07. The molecule has 3 atom stereocenters. The van der Waals surface area contributed by atoms with Gasteiger partial charge in [-0.3, -0.25) is 4.79 Å². The predicted octanol–water partition coefficient (Wildman–Crippen LogP) is 3.23. The number of nitrogens with one attached hydrogen (secondary N) is 2. The molecular weight excluding hydrogens is 371 g/mol. The van der Waals surface area contributed by atoms with E-state index in [4.69, 9.17) is 0 Å². The van der Waals surface area contributed by atoms with Crippen molar-refractivity contribution in [2.24, 2.45) is 5.92 Å². The molecule has 2 aromatic rings. The Morgan fingerprint density at radius 3 is 2.85 bits per heavy atom. The fourth-order valence-corrected chi connectivity index (χ4v) is 4.41. The quantitative estimate of drug-likeness (QED) is 0.830. The number of amides is 1. The van der Waals surface area contributed by atoms with E-state index in [1.807, 2.05) is 25.1 Å². The van der Waals surface area contributed by atoms with Crippen LogP contribution in [0, 0.1) is 12.8 Å². The Hall–Kier alpha value is -1.30. The van der Waals surface area contributed by atoms with Crippen LogP contribution in [0.3, 0.4) is 0 Å². The molecule has 1 aromatic carbocycles. The summed E-state index contributed by atoms with van der Waals surface area (Å²) in [5.74, 6) is 1.86. The monoisotopic (exact) mass is 398 g/mol. The lowest BCUT2D eigenvalue weighted by Gasteiger charge is -2.24. The Bertz CT molecular complexity index is 734. The van der Waals surface area contributed by atoms with Gasteiger partial charge in [-0.25, -0.2) is 4.98 Å². The van der Waals surface area contributed by atoms with Crippen LogP contribution in [0.2, 0.25) is 0 Å². The van der Waals surface area contributed by atoms with E-state index in [0.29, 0.717) is 18.5 Å². The van der Waals surface area contributed by atoms with Crippen LogP contribution in [0.5, 0.6) is 0 Å². The smallest absolute Gasteiger partial charge is 0.237 e. The van der Waals surface area contributed by atoms with Crippen molar-refractivity contribution in [3.63, 3.8) is 0 Å². The topological polar surface area (TPSA) is 59.0 Å². The highest BCUT2D eigenvalue weighted by molar-refractivity contribution is 5.85. The first-order chi connectivity index (χ1) is 11.7. The zero-order valence-corrected chi connectivity index (χ0v) is 16.7. The van der Waals surface area contributed by atoms with Gasteiger partial charge in [-0.05, 0) is 44.2 Å². The number of rotatable bonds is 4. The minimum Gasteiger partial charge on any atom is -0.353 e. The number of hydrogen-bond donors (Lipinski definition) is 2. The van der Waals surface area contributed by atoms with Gasteiger partial charge in [-0.15, -0.1) is 24.8 Å². The second-order valence-corrected chi connectivity index (χ2v) is 7.20. The Kier molecular flexibility index (Phi) is 7.33. The number of carbonyl (C=O) groups is 1. The zero-order chi connectivity index (χ0) is 16.5. The van der Waals surface area contributed by atoms with E-state index in [0.717, 1.165) is 29.8 Å². The van der Waals surface area contributed by atoms with Gasteiger partial charge in [0.25, 0.3) is 0 Å². The molecule has 1 aliphatic carbocycles. The highest BCUT2D eigenvalue weighted by Crippen LogP contribution is 2.33. The molecule has 2 fully saturated rings. The maximum Gasteiger partial charge on any atom is 0.237 e. The number of fused-ring (bicyclic) bond motifs is 2. The fraction of sp³-hybridized carbons (Fsp3) is 0.579. The van der Waals surface area contributed by atoms with Gasteiger partial charge in [0.05, 0.1) is 17.1 Å². The average Bonchev–Trinajstić information content (AvgIpc) is 3.16. The van der Waals surface area contributed by atoms with E-state index in [1.54, 1.807) is 0 Å². The number of hydrogen-bond acceptors (Lipinski definition) is 3. The first-order valence-corrected chi connectivity index (χ1v) is 9.18. The van der Waals surface area contributed by atoms with Crippen molar-refractivity contribution in [2.75, 3.05) is 6.54 Å². The number of benzene rings is 1. The zero-order valence-electron chi connectivity index (χ0n) is 15.1. The maximum atomic E-state index is 12.5. The highest BCUT2D eigenvalue weighted by Gasteiger charge is 2.37. The number of nitrogens with zero attached hydrogens (tertiary/aromatic N) is 2. The second-order valence-electron chi connectivity index (χ2n) is 7.20. The molecule has 0 bridgehead atoms. The van der Waals surface area contributed by atoms with Gasteiger partial charge in [0, 0.05) is 19.1 Å². The van der Waals surface area contributed by atoms with Crippen LogP contribution >= 0.6 is 24.8 Å². The summed E-state index contributed by atoms with van der Waals surface area (Å²) in [4.78, 5) is 17.0. The van der Waals surface area contributed by atoms with Crippen molar-refractivity contribution in [2.45, 2.75) is 57.7 Å². The molecule has 1 aliphatic heterocycles. The number of carbonyl (C=O) groups excluding carboxylic acids is 1. The van der Waals surface area contributed by atoms with Gasteiger partial charge in [-0.2, -0.15) is 0 Å². The molecule has 3 unspecified atom stereocenters. The summed E-state index contributed by atoms with van der Waals surface area (Å²) < 4.78 is 2.18. The van der Waals surface area contributed by atoms with Gasteiger partial charge in [0.1, 0.15) is 5.82 Å². The SMILES string of the molecule is Cc1nc2ccccc2n1CCNC(=O)C1CC2CCCCC2N1.Cl.Cl. The Balaban J connectivity index is 0.00000121. The summed E-state index contributed by atoms with van der Waals surface area (Å²) in [5, 5.41) is 6.66. The van der Waals surface area contributed by atoms with Crippen molar-refractivity contribution < 1.29 is 4.79 Å². The molecule has 2 aliphatic rings. The van der Waals surface area contributed by atoms with E-state index in [-0.39, 0.29) is 36.8 Å². The van der Waals surface area contributed by atoms with Crippen LogP contribution in [-0.4, -0.2) is 34.1 Å². The molecule has 2 N–H and O–H groups in total. The van der Waals surface area contributed by atoms with Gasteiger partial charge in [0.15, 0.2) is 0 Å². The van der Waals surface area contributed by atoms with Crippen molar-refractivity contribution in [1.29, 1.82) is 0 Å². The molecule has 0 radical (unpaired) electrons. The number of halogens is 2. The Labute approximate surface area is 167 Å². The summed E-state index contributed by atoms with van der Waals surface area (Å²) in [6.07, 6.45) is 6.14.